The van der Waals surface area contributed by atoms with Crippen molar-refractivity contribution in [2.24, 2.45) is 0 Å². The summed E-state index contributed by atoms with van der Waals surface area (Å²) in [4.78, 5) is 28.6. The van der Waals surface area contributed by atoms with Gasteiger partial charge in [0, 0.05) is 18.3 Å². The van der Waals surface area contributed by atoms with E-state index < -0.39 is 18.0 Å². The Morgan fingerprint density at radius 2 is 2.00 bits per heavy atom. The van der Waals surface area contributed by atoms with E-state index in [-0.39, 0.29) is 6.04 Å². The van der Waals surface area contributed by atoms with Crippen molar-refractivity contribution in [1.82, 2.24) is 14.8 Å². The lowest BCUT2D eigenvalue weighted by Crippen LogP contribution is -2.31. The second kappa shape index (κ2) is 7.96. The van der Waals surface area contributed by atoms with Gasteiger partial charge in [0.05, 0.1) is 11.8 Å². The molecule has 2 aromatic rings. The molecule has 1 amide bonds. The lowest BCUT2D eigenvalue weighted by atomic mass is 10.3. The van der Waals surface area contributed by atoms with Crippen LogP contribution in [0.25, 0.3) is 0 Å². The molecule has 1 atom stereocenters. The molecule has 0 aromatic carbocycles. The zero-order valence-corrected chi connectivity index (χ0v) is 14.8. The molecule has 0 spiro atoms. The zero-order chi connectivity index (χ0) is 17.7. The van der Waals surface area contributed by atoms with Crippen LogP contribution in [0.15, 0.2) is 35.6 Å². The van der Waals surface area contributed by atoms with Crippen LogP contribution >= 0.6 is 11.8 Å². The van der Waals surface area contributed by atoms with Crippen LogP contribution in [0, 0.1) is 0 Å². The summed E-state index contributed by atoms with van der Waals surface area (Å²) in [6, 6.07) is 5.08. The third kappa shape index (κ3) is 4.14. The quantitative estimate of drug-likeness (QED) is 0.638. The lowest BCUT2D eigenvalue weighted by molar-refractivity contribution is -0.123. The molecule has 0 aliphatic heterocycles. The fraction of sp³-hybridized carbons (Fsp3) is 0.375. The van der Waals surface area contributed by atoms with Gasteiger partial charge in [-0.1, -0.05) is 0 Å². The molecule has 2 rings (SSSR count). The Kier molecular flexibility index (Phi) is 5.97. The van der Waals surface area contributed by atoms with E-state index in [4.69, 9.17) is 4.74 Å². The number of amides is 1. The van der Waals surface area contributed by atoms with E-state index in [0.717, 1.165) is 0 Å². The van der Waals surface area contributed by atoms with Crippen LogP contribution in [0.2, 0.25) is 0 Å². The molecule has 0 bridgehead atoms. The number of nitrogens with one attached hydrogen (secondary N) is 1. The summed E-state index contributed by atoms with van der Waals surface area (Å²) in [5.41, 5.74) is 0.344. The predicted molar refractivity (Wildman–Crippen MR) is 92.1 cm³/mol. The van der Waals surface area contributed by atoms with Crippen molar-refractivity contribution in [3.05, 3.63) is 36.2 Å². The minimum Gasteiger partial charge on any atom is -0.449 e. The summed E-state index contributed by atoms with van der Waals surface area (Å²) in [7, 11) is 0. The lowest BCUT2D eigenvalue weighted by Gasteiger charge is -2.16. The van der Waals surface area contributed by atoms with E-state index >= 15 is 0 Å². The minimum atomic E-state index is -0.942. The molecule has 0 saturated carbocycles. The van der Waals surface area contributed by atoms with Gasteiger partial charge in [0.1, 0.15) is 10.8 Å². The summed E-state index contributed by atoms with van der Waals surface area (Å²) >= 11 is 1.34. The number of hydrogen-bond acceptors (Lipinski definition) is 6. The van der Waals surface area contributed by atoms with Crippen molar-refractivity contribution in [2.75, 3.05) is 11.6 Å². The molecule has 0 fully saturated rings. The third-order valence-corrected chi connectivity index (χ3v) is 3.96. The molecule has 2 aromatic heterocycles. The fourth-order valence-electron chi connectivity index (χ4n) is 2.04. The Hall–Kier alpha value is -2.35. The van der Waals surface area contributed by atoms with E-state index in [0.29, 0.717) is 16.4 Å². The first-order valence-electron chi connectivity index (χ1n) is 7.48. The highest BCUT2D eigenvalue weighted by atomic mass is 32.2. The van der Waals surface area contributed by atoms with Crippen LogP contribution in [0.4, 0.5) is 5.82 Å². The molecule has 1 N–H and O–H groups in total. The van der Waals surface area contributed by atoms with E-state index in [9.17, 15) is 9.59 Å². The molecule has 128 valence electrons. The van der Waals surface area contributed by atoms with Gasteiger partial charge in [0.2, 0.25) is 0 Å². The number of carbonyl (C=O) groups excluding carboxylic acids is 2. The van der Waals surface area contributed by atoms with Crippen LogP contribution in [0.1, 0.15) is 37.2 Å². The number of anilines is 1. The summed E-state index contributed by atoms with van der Waals surface area (Å²) in [5, 5.41) is 7.43. The summed E-state index contributed by atoms with van der Waals surface area (Å²) < 4.78 is 6.94. The van der Waals surface area contributed by atoms with Crippen molar-refractivity contribution >= 4 is 29.5 Å². The van der Waals surface area contributed by atoms with Crippen molar-refractivity contribution in [3.63, 3.8) is 0 Å². The van der Waals surface area contributed by atoms with Crippen LogP contribution in [-0.4, -0.2) is 39.0 Å². The van der Waals surface area contributed by atoms with Gasteiger partial charge in [-0.05, 0) is 39.2 Å². The maximum atomic E-state index is 12.3. The number of nitrogens with zero attached hydrogens (tertiary/aromatic N) is 3. The van der Waals surface area contributed by atoms with Crippen molar-refractivity contribution < 1.29 is 14.3 Å². The number of rotatable bonds is 6. The number of esters is 1. The monoisotopic (exact) mass is 348 g/mol. The topological polar surface area (TPSA) is 86.1 Å². The van der Waals surface area contributed by atoms with Gasteiger partial charge in [0.15, 0.2) is 6.10 Å². The Morgan fingerprint density at radius 1 is 1.25 bits per heavy atom. The van der Waals surface area contributed by atoms with Crippen LogP contribution in [-0.2, 0) is 9.53 Å². The van der Waals surface area contributed by atoms with Crippen molar-refractivity contribution in [2.45, 2.75) is 37.9 Å². The third-order valence-electron chi connectivity index (χ3n) is 3.25. The van der Waals surface area contributed by atoms with E-state index in [2.05, 4.69) is 15.4 Å². The number of hydrogen-bond donors (Lipinski definition) is 1. The molecule has 0 unspecified atom stereocenters. The van der Waals surface area contributed by atoms with Gasteiger partial charge in [0.25, 0.3) is 5.91 Å². The standard InChI is InChI=1S/C16H20N4O3S/c1-10(2)20-13(7-9-18-20)19-14(21)11(3)23-16(22)12-6-5-8-17-15(12)24-4/h5-11H,1-4H3,(H,19,21)/t11-/m1/s1. The molecule has 0 aliphatic carbocycles. The number of thioether (sulfide) groups is 1. The second-order valence-electron chi connectivity index (χ2n) is 5.35. The molecule has 0 radical (unpaired) electrons. The number of pyridine rings is 1. The summed E-state index contributed by atoms with van der Waals surface area (Å²) in [6.07, 6.45) is 4.09. The number of ether oxygens (including phenoxy) is 1. The molecule has 7 nitrogen and oxygen atoms in total. The molecule has 0 aliphatic rings. The molecule has 8 heteroatoms. The molecule has 2 heterocycles. The van der Waals surface area contributed by atoms with Gasteiger partial charge in [-0.15, -0.1) is 11.8 Å². The fourth-order valence-corrected chi connectivity index (χ4v) is 2.58. The van der Waals surface area contributed by atoms with Crippen LogP contribution in [0.5, 0.6) is 0 Å². The Bertz CT molecular complexity index is 730. The van der Waals surface area contributed by atoms with Gasteiger partial charge in [-0.25, -0.2) is 14.5 Å². The van der Waals surface area contributed by atoms with Crippen LogP contribution < -0.4 is 5.32 Å². The number of carbonyl (C=O) groups is 2. The van der Waals surface area contributed by atoms with Crippen LogP contribution in [0.3, 0.4) is 0 Å². The first-order valence-corrected chi connectivity index (χ1v) is 8.71. The maximum absolute atomic E-state index is 12.3. The van der Waals surface area contributed by atoms with Crippen molar-refractivity contribution in [3.8, 4) is 0 Å². The highest BCUT2D eigenvalue weighted by Crippen LogP contribution is 2.19. The Balaban J connectivity index is 2.03. The van der Waals surface area contributed by atoms with E-state index in [1.807, 2.05) is 20.1 Å². The smallest absolute Gasteiger partial charge is 0.341 e. The van der Waals surface area contributed by atoms with Gasteiger partial charge in [-0.2, -0.15) is 5.10 Å². The molecule has 24 heavy (non-hydrogen) atoms. The predicted octanol–water partition coefficient (Wildman–Crippen LogP) is 2.76. The highest BCUT2D eigenvalue weighted by molar-refractivity contribution is 7.98. The van der Waals surface area contributed by atoms with E-state index in [1.54, 1.807) is 35.3 Å². The summed E-state index contributed by atoms with van der Waals surface area (Å²) in [5.74, 6) is -0.433. The largest absolute Gasteiger partial charge is 0.449 e. The van der Waals surface area contributed by atoms with Gasteiger partial charge >= 0.3 is 5.97 Å². The molecule has 0 saturated heterocycles. The summed E-state index contributed by atoms with van der Waals surface area (Å²) in [6.45, 7) is 5.44. The van der Waals surface area contributed by atoms with E-state index in [1.165, 1.54) is 18.7 Å². The van der Waals surface area contributed by atoms with Gasteiger partial charge < -0.3 is 10.1 Å². The highest BCUT2D eigenvalue weighted by Gasteiger charge is 2.22. The first-order chi connectivity index (χ1) is 11.4. The normalized spacial score (nSPS) is 12.0. The average molecular weight is 348 g/mol. The molecular formula is C16H20N4O3S. The van der Waals surface area contributed by atoms with Gasteiger partial charge in [-0.3, -0.25) is 4.79 Å². The SMILES string of the molecule is CSc1ncccc1C(=O)O[C@H](C)C(=O)Nc1ccnn1C(C)C. The Morgan fingerprint density at radius 3 is 2.67 bits per heavy atom. The second-order valence-corrected chi connectivity index (χ2v) is 6.15. The number of aromatic nitrogens is 3. The zero-order valence-electron chi connectivity index (χ0n) is 14.0. The molecular weight excluding hydrogens is 328 g/mol. The minimum absolute atomic E-state index is 0.104. The first kappa shape index (κ1) is 18.0. The average Bonchev–Trinajstić information content (AvgIpc) is 3.02. The van der Waals surface area contributed by atoms with Crippen molar-refractivity contribution in [1.29, 1.82) is 0 Å². The maximum Gasteiger partial charge on any atom is 0.341 e. The Labute approximate surface area is 144 Å².